The smallest absolute Gasteiger partial charge is 0.136 e. The highest BCUT2D eigenvalue weighted by Crippen LogP contribution is 2.43. The van der Waals surface area contributed by atoms with Gasteiger partial charge in [-0.2, -0.15) is 0 Å². The molecule has 0 atom stereocenters. The van der Waals surface area contributed by atoms with E-state index in [-0.39, 0.29) is 43.7 Å². The van der Waals surface area contributed by atoms with Crippen molar-refractivity contribution in [1.29, 1.82) is 0 Å². The van der Waals surface area contributed by atoms with Crippen molar-refractivity contribution in [3.8, 4) is 33.4 Å². The molecule has 0 saturated carbocycles. The maximum atomic E-state index is 7.01. The summed E-state index contributed by atoms with van der Waals surface area (Å²) in [7, 11) is 54.6. The van der Waals surface area contributed by atoms with Crippen molar-refractivity contribution >= 4 is 172 Å². The zero-order chi connectivity index (χ0) is 37.9. The molecule has 0 N–H and O–H groups in total. The Labute approximate surface area is 329 Å². The second-order valence-electron chi connectivity index (χ2n) is 14.2. The Hall–Kier alpha value is -5.66. The summed E-state index contributed by atoms with van der Waals surface area (Å²) in [5.41, 5.74) is 8.17. The Morgan fingerprint density at radius 2 is 0.764 bits per heavy atom. The maximum Gasteiger partial charge on any atom is 0.136 e. The summed E-state index contributed by atoms with van der Waals surface area (Å²) in [6.07, 6.45) is 0. The molecule has 0 spiro atoms. The van der Waals surface area contributed by atoms with Crippen LogP contribution in [0.4, 0.5) is 0 Å². The van der Waals surface area contributed by atoms with E-state index in [0.717, 1.165) is 65.7 Å². The summed E-state index contributed by atoms with van der Waals surface area (Å²) >= 11 is 0. The first-order valence-corrected chi connectivity index (χ1v) is 17.8. The lowest BCUT2D eigenvalue weighted by molar-refractivity contribution is 0.669. The molecule has 0 fully saturated rings. The SMILES string of the molecule is [B]c1c([B])c([B])c2c(-c3ccc4oc5cc6ccccc6cc5c4c3)c3c([B])c([B])c([B])c([B])c3c(-c3ccc(-c4cccc5ccccc45)cc3)c2c1[B]. The van der Waals surface area contributed by atoms with E-state index in [9.17, 15) is 0 Å². The third kappa shape index (κ3) is 4.91. The number of rotatable bonds is 3. The molecule has 9 heteroatoms. The number of hydrogen-bond donors (Lipinski definition) is 0. The molecule has 0 unspecified atom stereocenters. The van der Waals surface area contributed by atoms with Crippen LogP contribution in [0.1, 0.15) is 0 Å². The molecule has 9 aromatic carbocycles. The lowest BCUT2D eigenvalue weighted by Crippen LogP contribution is -2.50. The second-order valence-corrected chi connectivity index (χ2v) is 14.2. The predicted molar refractivity (Wildman–Crippen MR) is 243 cm³/mol. The minimum atomic E-state index is 0.166. The third-order valence-corrected chi connectivity index (χ3v) is 11.2. The standard InChI is InChI=1S/C46H20B8O/c47-39-35-33(23-14-12-22(13-15-23)28-11-5-9-21-6-3-4-10-27(21)28)36-38(42(50)46(54)44(52)40(36)48)34(37(35)41(49)45(53)43(39)51)26-16-17-31-29(19-26)30-18-24-7-1-2-8-25(24)20-32(30)55-31/h1-20H. The average Bonchev–Trinajstić information content (AvgIpc) is 3.57. The molecular formula is C46H20B8O. The maximum absolute atomic E-state index is 7.01. The van der Waals surface area contributed by atoms with Gasteiger partial charge in [0.15, 0.2) is 0 Å². The fourth-order valence-electron chi connectivity index (χ4n) is 8.44. The lowest BCUT2D eigenvalue weighted by atomic mass is 9.59. The molecular weight excluding hydrogens is 655 g/mol. The van der Waals surface area contributed by atoms with Gasteiger partial charge >= 0.3 is 0 Å². The van der Waals surface area contributed by atoms with Crippen LogP contribution in [0.2, 0.25) is 0 Å². The monoisotopic (exact) mass is 676 g/mol. The molecule has 1 heterocycles. The Morgan fingerprint density at radius 3 is 1.36 bits per heavy atom. The zero-order valence-electron chi connectivity index (χ0n) is 29.6. The van der Waals surface area contributed by atoms with Crippen LogP contribution < -0.4 is 43.7 Å². The van der Waals surface area contributed by atoms with E-state index < -0.39 is 0 Å². The normalized spacial score (nSPS) is 11.9. The summed E-state index contributed by atoms with van der Waals surface area (Å²) < 4.78 is 6.36. The molecule has 55 heavy (non-hydrogen) atoms. The topological polar surface area (TPSA) is 13.1 Å². The highest BCUT2D eigenvalue weighted by atomic mass is 16.3. The molecule has 0 saturated heterocycles. The summed E-state index contributed by atoms with van der Waals surface area (Å²) in [6, 6.07) is 41.1. The van der Waals surface area contributed by atoms with Gasteiger partial charge in [0.1, 0.15) is 73.9 Å². The molecule has 0 aliphatic heterocycles. The first-order valence-electron chi connectivity index (χ1n) is 17.8. The van der Waals surface area contributed by atoms with Crippen molar-refractivity contribution in [2.24, 2.45) is 0 Å². The van der Waals surface area contributed by atoms with Crippen LogP contribution in [0.15, 0.2) is 126 Å². The summed E-state index contributed by atoms with van der Waals surface area (Å²) in [6.45, 7) is 0. The molecule has 1 aromatic heterocycles. The van der Waals surface area contributed by atoms with Gasteiger partial charge in [-0.05, 0) is 101 Å². The fourth-order valence-corrected chi connectivity index (χ4v) is 8.44. The Bertz CT molecular complexity index is 3210. The first kappa shape index (κ1) is 33.9. The molecule has 0 aliphatic carbocycles. The van der Waals surface area contributed by atoms with Crippen LogP contribution >= 0.6 is 0 Å². The van der Waals surface area contributed by atoms with Crippen LogP contribution in [0, 0.1) is 0 Å². The van der Waals surface area contributed by atoms with Crippen LogP contribution in [-0.2, 0) is 0 Å². The Kier molecular flexibility index (Phi) is 7.66. The molecule has 234 valence electrons. The molecule has 16 radical (unpaired) electrons. The van der Waals surface area contributed by atoms with E-state index in [0.29, 0.717) is 32.7 Å². The number of fused-ring (bicyclic) bond motifs is 7. The lowest BCUT2D eigenvalue weighted by Gasteiger charge is -2.28. The molecule has 0 amide bonds. The fraction of sp³-hybridized carbons (Fsp3) is 0. The van der Waals surface area contributed by atoms with Crippen molar-refractivity contribution in [2.75, 3.05) is 0 Å². The largest absolute Gasteiger partial charge is 0.456 e. The zero-order valence-corrected chi connectivity index (χ0v) is 29.6. The van der Waals surface area contributed by atoms with Crippen LogP contribution in [0.25, 0.3) is 98.4 Å². The van der Waals surface area contributed by atoms with Gasteiger partial charge in [-0.25, -0.2) is 0 Å². The predicted octanol–water partition coefficient (Wildman–Crippen LogP) is 3.55. The van der Waals surface area contributed by atoms with Gasteiger partial charge in [-0.15, -0.1) is 21.9 Å². The van der Waals surface area contributed by atoms with Gasteiger partial charge in [0.2, 0.25) is 0 Å². The van der Waals surface area contributed by atoms with Crippen LogP contribution in [-0.4, -0.2) is 62.8 Å². The highest BCUT2D eigenvalue weighted by molar-refractivity contribution is 6.71. The number of benzene rings is 9. The van der Waals surface area contributed by atoms with E-state index in [1.165, 1.54) is 0 Å². The summed E-state index contributed by atoms with van der Waals surface area (Å²) in [5.74, 6) is 0. The van der Waals surface area contributed by atoms with E-state index in [2.05, 4.69) is 72.8 Å². The second kappa shape index (κ2) is 12.4. The van der Waals surface area contributed by atoms with Gasteiger partial charge in [0, 0.05) is 10.8 Å². The summed E-state index contributed by atoms with van der Waals surface area (Å²) in [5, 5.41) is 8.61. The highest BCUT2D eigenvalue weighted by Gasteiger charge is 2.25. The first-order chi connectivity index (χ1) is 26.6. The van der Waals surface area contributed by atoms with Gasteiger partial charge in [-0.1, -0.05) is 119 Å². The van der Waals surface area contributed by atoms with Crippen LogP contribution in [0.5, 0.6) is 0 Å². The minimum Gasteiger partial charge on any atom is -0.456 e. The van der Waals surface area contributed by atoms with Gasteiger partial charge in [-0.3, -0.25) is 0 Å². The number of furan rings is 1. The van der Waals surface area contributed by atoms with Crippen molar-refractivity contribution in [1.82, 2.24) is 0 Å². The van der Waals surface area contributed by atoms with E-state index in [4.69, 9.17) is 67.2 Å². The van der Waals surface area contributed by atoms with Crippen LogP contribution in [0.3, 0.4) is 0 Å². The van der Waals surface area contributed by atoms with Crippen molar-refractivity contribution in [3.63, 3.8) is 0 Å². The van der Waals surface area contributed by atoms with E-state index in [1.807, 2.05) is 48.5 Å². The van der Waals surface area contributed by atoms with Crippen molar-refractivity contribution in [2.45, 2.75) is 0 Å². The Morgan fingerprint density at radius 1 is 0.309 bits per heavy atom. The average molecular weight is 675 g/mol. The molecule has 0 bridgehead atoms. The quantitative estimate of drug-likeness (QED) is 0.207. The third-order valence-electron chi connectivity index (χ3n) is 11.2. The van der Waals surface area contributed by atoms with Gasteiger partial charge in [0.25, 0.3) is 0 Å². The van der Waals surface area contributed by atoms with E-state index in [1.54, 1.807) is 0 Å². The van der Waals surface area contributed by atoms with Gasteiger partial charge < -0.3 is 4.42 Å². The molecule has 0 aliphatic rings. The Balaban J connectivity index is 1.33. The van der Waals surface area contributed by atoms with Crippen molar-refractivity contribution < 1.29 is 4.42 Å². The molecule has 1 nitrogen and oxygen atoms in total. The van der Waals surface area contributed by atoms with Crippen molar-refractivity contribution in [3.05, 3.63) is 121 Å². The van der Waals surface area contributed by atoms with Gasteiger partial charge in [0.05, 0.1) is 0 Å². The summed E-state index contributed by atoms with van der Waals surface area (Å²) in [4.78, 5) is 0. The van der Waals surface area contributed by atoms with E-state index >= 15 is 0 Å². The molecule has 10 rings (SSSR count). The minimum absolute atomic E-state index is 0.166. The molecule has 10 aromatic rings. The number of hydrogen-bond acceptors (Lipinski definition) is 1.